The number of nitrogens with one attached hydrogen (secondary N) is 2. The van der Waals surface area contributed by atoms with Gasteiger partial charge in [-0.25, -0.2) is 10.2 Å². The molecule has 1 aromatic heterocycles. The number of rotatable bonds is 4. The summed E-state index contributed by atoms with van der Waals surface area (Å²) >= 11 is 4.51. The Kier molecular flexibility index (Phi) is 4.78. The molecule has 0 spiro atoms. The first-order valence-electron chi connectivity index (χ1n) is 6.76. The fourth-order valence-corrected chi connectivity index (χ4v) is 3.45. The molecule has 124 valence electrons. The van der Waals surface area contributed by atoms with E-state index in [1.54, 1.807) is 18.2 Å². The largest absolute Gasteiger partial charge is 0.595 e. The van der Waals surface area contributed by atoms with Gasteiger partial charge in [0, 0.05) is 22.2 Å². The molecule has 0 aliphatic rings. The molecule has 1 atom stereocenters. The minimum atomic E-state index is -1.05. The molecule has 3 rings (SSSR count). The van der Waals surface area contributed by atoms with Crippen molar-refractivity contribution >= 4 is 54.2 Å². The van der Waals surface area contributed by atoms with Gasteiger partial charge < -0.3 is 9.94 Å². The van der Waals surface area contributed by atoms with Crippen molar-refractivity contribution in [1.29, 1.82) is 0 Å². The second-order valence-electron chi connectivity index (χ2n) is 4.81. The van der Waals surface area contributed by atoms with Crippen LogP contribution >= 0.6 is 27.3 Å². The maximum atomic E-state index is 12.3. The number of carbonyl (C=O) groups excluding carboxylic acids is 1. The number of carbonyl (C=O) groups is 1. The van der Waals surface area contributed by atoms with E-state index in [1.807, 2.05) is 6.07 Å². The number of aromatic nitrogens is 1. The van der Waals surface area contributed by atoms with E-state index in [4.69, 9.17) is 9.94 Å². The van der Waals surface area contributed by atoms with Gasteiger partial charge in [0.1, 0.15) is 5.52 Å². The van der Waals surface area contributed by atoms with Gasteiger partial charge >= 0.3 is 0 Å². The van der Waals surface area contributed by atoms with Gasteiger partial charge in [0.05, 0.1) is 11.8 Å². The predicted molar refractivity (Wildman–Crippen MR) is 94.0 cm³/mol. The van der Waals surface area contributed by atoms with E-state index in [1.165, 1.54) is 30.6 Å². The summed E-state index contributed by atoms with van der Waals surface area (Å²) in [5.74, 6) is 0.0527. The quantitative estimate of drug-likeness (QED) is 0.575. The SMILES string of the molecule is COc1cc([NH+]([O-])O)cc2sc(NC(=O)c3cccc(Br)c3)nc12. The van der Waals surface area contributed by atoms with Crippen molar-refractivity contribution in [2.24, 2.45) is 0 Å². The van der Waals surface area contributed by atoms with Crippen molar-refractivity contribution in [1.82, 2.24) is 4.98 Å². The Morgan fingerprint density at radius 2 is 2.21 bits per heavy atom. The Bertz CT molecular complexity index is 913. The van der Waals surface area contributed by atoms with Crippen LogP contribution in [0.15, 0.2) is 40.9 Å². The summed E-state index contributed by atoms with van der Waals surface area (Å²) in [7, 11) is 1.44. The van der Waals surface area contributed by atoms with Crippen LogP contribution < -0.4 is 15.3 Å². The maximum Gasteiger partial charge on any atom is 0.257 e. The van der Waals surface area contributed by atoms with Crippen LogP contribution in [0.2, 0.25) is 0 Å². The lowest BCUT2D eigenvalue weighted by atomic mass is 10.2. The van der Waals surface area contributed by atoms with E-state index in [0.717, 1.165) is 4.47 Å². The number of halogens is 1. The van der Waals surface area contributed by atoms with Crippen molar-refractivity contribution in [2.75, 3.05) is 12.4 Å². The van der Waals surface area contributed by atoms with Crippen LogP contribution in [-0.4, -0.2) is 23.2 Å². The minimum absolute atomic E-state index is 0.105. The van der Waals surface area contributed by atoms with E-state index < -0.39 is 5.23 Å². The molecule has 0 aliphatic carbocycles. The zero-order valence-electron chi connectivity index (χ0n) is 12.4. The highest BCUT2D eigenvalue weighted by molar-refractivity contribution is 9.10. The average molecular weight is 410 g/mol. The van der Waals surface area contributed by atoms with Crippen LogP contribution in [0.4, 0.5) is 10.8 Å². The first kappa shape index (κ1) is 16.8. The maximum absolute atomic E-state index is 12.3. The summed E-state index contributed by atoms with van der Waals surface area (Å²) in [4.78, 5) is 16.6. The van der Waals surface area contributed by atoms with Crippen molar-refractivity contribution < 1.29 is 20.0 Å². The van der Waals surface area contributed by atoms with Gasteiger partial charge in [-0.1, -0.05) is 33.3 Å². The summed E-state index contributed by atoms with van der Waals surface area (Å²) in [6.45, 7) is 0. The monoisotopic (exact) mass is 409 g/mol. The van der Waals surface area contributed by atoms with Crippen LogP contribution in [0.25, 0.3) is 10.2 Å². The van der Waals surface area contributed by atoms with Crippen molar-refractivity contribution in [2.45, 2.75) is 0 Å². The third kappa shape index (κ3) is 3.40. The average Bonchev–Trinajstić information content (AvgIpc) is 2.96. The van der Waals surface area contributed by atoms with Gasteiger partial charge in [0.2, 0.25) is 0 Å². The van der Waals surface area contributed by atoms with Gasteiger partial charge in [-0.2, -0.15) is 5.23 Å². The summed E-state index contributed by atoms with van der Waals surface area (Å²) in [5, 5.41) is 22.4. The molecule has 24 heavy (non-hydrogen) atoms. The van der Waals surface area contributed by atoms with Crippen LogP contribution in [0.5, 0.6) is 5.75 Å². The molecule has 0 fully saturated rings. The normalized spacial score (nSPS) is 12.2. The molecule has 0 saturated heterocycles. The van der Waals surface area contributed by atoms with Crippen molar-refractivity contribution in [3.63, 3.8) is 0 Å². The Labute approximate surface area is 149 Å². The van der Waals surface area contributed by atoms with Crippen LogP contribution in [0.3, 0.4) is 0 Å². The molecule has 0 radical (unpaired) electrons. The molecule has 7 nitrogen and oxygen atoms in total. The van der Waals surface area contributed by atoms with Gasteiger partial charge in [-0.3, -0.25) is 10.1 Å². The lowest BCUT2D eigenvalue weighted by Crippen LogP contribution is -2.99. The van der Waals surface area contributed by atoms with Crippen molar-refractivity contribution in [3.05, 3.63) is 51.6 Å². The molecule has 1 unspecified atom stereocenters. The first-order chi connectivity index (χ1) is 11.5. The van der Waals surface area contributed by atoms with E-state index in [0.29, 0.717) is 26.7 Å². The number of fused-ring (bicyclic) bond motifs is 1. The molecule has 3 N–H and O–H groups in total. The van der Waals surface area contributed by atoms with E-state index in [2.05, 4.69) is 26.2 Å². The molecular formula is C15H12BrN3O4S. The molecular weight excluding hydrogens is 398 g/mol. The van der Waals surface area contributed by atoms with Crippen LogP contribution in [0.1, 0.15) is 10.4 Å². The smallest absolute Gasteiger partial charge is 0.257 e. The number of ether oxygens (including phenoxy) is 1. The standard InChI is InChI=1S/C15H12BrN3O4S/c1-23-11-6-10(19(21)22)7-12-13(11)17-15(24-12)18-14(20)8-3-2-4-9(16)5-8/h2-7,19,21H,1H3,(H,17,18,20). The molecule has 9 heteroatoms. The highest BCUT2D eigenvalue weighted by Crippen LogP contribution is 2.34. The highest BCUT2D eigenvalue weighted by Gasteiger charge is 2.16. The summed E-state index contributed by atoms with van der Waals surface area (Å²) < 4.78 is 6.62. The zero-order valence-corrected chi connectivity index (χ0v) is 14.8. The van der Waals surface area contributed by atoms with E-state index in [9.17, 15) is 10.0 Å². The summed E-state index contributed by atoms with van der Waals surface area (Å²) in [6.07, 6.45) is 0. The number of hydrogen-bond acceptors (Lipinski definition) is 6. The van der Waals surface area contributed by atoms with Gasteiger partial charge in [-0.15, -0.1) is 0 Å². The third-order valence-electron chi connectivity index (χ3n) is 3.23. The second-order valence-corrected chi connectivity index (χ2v) is 6.76. The molecule has 1 heterocycles. The molecule has 3 aromatic rings. The lowest BCUT2D eigenvalue weighted by molar-refractivity contribution is -0.991. The van der Waals surface area contributed by atoms with Gasteiger partial charge in [-0.05, 0) is 18.2 Å². The zero-order chi connectivity index (χ0) is 17.3. The lowest BCUT2D eigenvalue weighted by Gasteiger charge is -2.12. The van der Waals surface area contributed by atoms with E-state index in [-0.39, 0.29) is 11.6 Å². The van der Waals surface area contributed by atoms with Crippen LogP contribution in [-0.2, 0) is 0 Å². The number of anilines is 1. The number of methoxy groups -OCH3 is 1. The number of benzene rings is 2. The summed E-state index contributed by atoms with van der Waals surface area (Å²) in [6, 6.07) is 9.89. The molecule has 0 bridgehead atoms. The number of nitrogens with zero attached hydrogens (tertiary/aromatic N) is 1. The van der Waals surface area contributed by atoms with E-state index >= 15 is 0 Å². The Hall–Kier alpha value is -2.04. The topological polar surface area (TPSA) is 99.0 Å². The second kappa shape index (κ2) is 6.83. The predicted octanol–water partition coefficient (Wildman–Crippen LogP) is 2.72. The number of hydrogen-bond donors (Lipinski definition) is 3. The molecule has 1 amide bonds. The highest BCUT2D eigenvalue weighted by atomic mass is 79.9. The number of thiazole rings is 1. The Morgan fingerprint density at radius 1 is 1.42 bits per heavy atom. The molecule has 0 saturated carbocycles. The molecule has 2 aromatic carbocycles. The number of amides is 1. The van der Waals surface area contributed by atoms with Gasteiger partial charge in [0.25, 0.3) is 5.91 Å². The Balaban J connectivity index is 1.94. The molecule has 0 aliphatic heterocycles. The first-order valence-corrected chi connectivity index (χ1v) is 8.37. The van der Waals surface area contributed by atoms with Gasteiger partial charge in [0.15, 0.2) is 16.6 Å². The fraction of sp³-hybridized carbons (Fsp3) is 0.0667. The third-order valence-corrected chi connectivity index (χ3v) is 4.65. The fourth-order valence-electron chi connectivity index (χ4n) is 2.13. The minimum Gasteiger partial charge on any atom is -0.595 e. The van der Waals surface area contributed by atoms with Crippen molar-refractivity contribution in [3.8, 4) is 5.75 Å². The summed E-state index contributed by atoms with van der Waals surface area (Å²) in [5.41, 5.74) is 1.10. The Morgan fingerprint density at radius 3 is 2.88 bits per heavy atom. The number of quaternary nitrogens is 1. The van der Waals surface area contributed by atoms with Crippen LogP contribution in [0, 0.1) is 5.21 Å².